The molecule has 0 N–H and O–H groups in total. The Hall–Kier alpha value is -0.660. The Balaban J connectivity index is 3.82. The average molecular weight is 140 g/mol. The lowest BCUT2D eigenvalue weighted by atomic mass is 10.5. The number of rotatable bonds is 2. The molecule has 0 aliphatic rings. The molecule has 0 amide bonds. The van der Waals surface area contributed by atoms with E-state index in [4.69, 9.17) is 0 Å². The molecule has 0 saturated carbocycles. The second-order valence-corrected chi connectivity index (χ2v) is 2.49. The van der Waals surface area contributed by atoms with Gasteiger partial charge in [-0.05, 0) is 27.2 Å². The highest BCUT2D eigenvalue weighted by molar-refractivity contribution is 5.94. The summed E-state index contributed by atoms with van der Waals surface area (Å²) in [6, 6.07) is 0. The third-order valence-corrected chi connectivity index (χ3v) is 0.950. The average Bonchev–Trinajstić information content (AvgIpc) is 1.82. The van der Waals surface area contributed by atoms with Crippen molar-refractivity contribution in [3.63, 3.8) is 0 Å². The predicted molar refractivity (Wildman–Crippen MR) is 47.1 cm³/mol. The van der Waals surface area contributed by atoms with Crippen molar-refractivity contribution in [1.82, 2.24) is 0 Å². The summed E-state index contributed by atoms with van der Waals surface area (Å²) < 4.78 is 0. The lowest BCUT2D eigenvalue weighted by Gasteiger charge is -1.92. The van der Waals surface area contributed by atoms with Gasteiger partial charge in [0.1, 0.15) is 5.84 Å². The standard InChI is InChI=1S/C8H16N2/c1-5-6-9-8(4)10-7(2)3/h5-6H2,1-4H3/b9-8-. The summed E-state index contributed by atoms with van der Waals surface area (Å²) in [7, 11) is 0. The second-order valence-electron chi connectivity index (χ2n) is 2.49. The van der Waals surface area contributed by atoms with Gasteiger partial charge in [-0.1, -0.05) is 6.92 Å². The van der Waals surface area contributed by atoms with Gasteiger partial charge >= 0.3 is 0 Å². The molecular formula is C8H16N2. The highest BCUT2D eigenvalue weighted by Crippen LogP contribution is 1.85. The molecule has 10 heavy (non-hydrogen) atoms. The lowest BCUT2D eigenvalue weighted by molar-refractivity contribution is 0.929. The molecule has 0 rings (SSSR count). The zero-order valence-corrected chi connectivity index (χ0v) is 7.31. The molecule has 0 aromatic rings. The first kappa shape index (κ1) is 9.34. The summed E-state index contributed by atoms with van der Waals surface area (Å²) in [5.74, 6) is 0.891. The van der Waals surface area contributed by atoms with Gasteiger partial charge in [0.05, 0.1) is 0 Å². The summed E-state index contributed by atoms with van der Waals surface area (Å²) >= 11 is 0. The van der Waals surface area contributed by atoms with Gasteiger partial charge in [-0.15, -0.1) is 0 Å². The van der Waals surface area contributed by atoms with Crippen molar-refractivity contribution in [3.05, 3.63) is 0 Å². The van der Waals surface area contributed by atoms with Crippen molar-refractivity contribution < 1.29 is 0 Å². The third-order valence-electron chi connectivity index (χ3n) is 0.950. The Morgan fingerprint density at radius 3 is 2.20 bits per heavy atom. The quantitative estimate of drug-likeness (QED) is 0.415. The van der Waals surface area contributed by atoms with Crippen molar-refractivity contribution in [3.8, 4) is 0 Å². The Morgan fingerprint density at radius 1 is 1.20 bits per heavy atom. The molecule has 0 atom stereocenters. The normalized spacial score (nSPS) is 11.4. The Bertz CT molecular complexity index is 141. The van der Waals surface area contributed by atoms with Crippen LogP contribution in [-0.4, -0.2) is 18.1 Å². The van der Waals surface area contributed by atoms with Crippen molar-refractivity contribution in [1.29, 1.82) is 0 Å². The predicted octanol–water partition coefficient (Wildman–Crippen LogP) is 2.30. The third kappa shape index (κ3) is 5.48. The van der Waals surface area contributed by atoms with Crippen LogP contribution in [0.4, 0.5) is 0 Å². The van der Waals surface area contributed by atoms with Crippen molar-refractivity contribution in [2.24, 2.45) is 9.98 Å². The SMILES string of the molecule is CCC/N=C(/C)N=C(C)C. The molecule has 2 nitrogen and oxygen atoms in total. The largest absolute Gasteiger partial charge is 0.271 e. The molecule has 0 aliphatic heterocycles. The summed E-state index contributed by atoms with van der Waals surface area (Å²) in [6.45, 7) is 8.89. The number of nitrogens with zero attached hydrogens (tertiary/aromatic N) is 2. The molecule has 0 heterocycles. The number of amidine groups is 1. The van der Waals surface area contributed by atoms with Gasteiger partial charge in [0.2, 0.25) is 0 Å². The van der Waals surface area contributed by atoms with E-state index >= 15 is 0 Å². The van der Waals surface area contributed by atoms with Crippen LogP contribution in [-0.2, 0) is 0 Å². The minimum Gasteiger partial charge on any atom is -0.271 e. The first-order chi connectivity index (χ1) is 4.66. The van der Waals surface area contributed by atoms with Gasteiger partial charge in [0, 0.05) is 12.3 Å². The second kappa shape index (κ2) is 5.15. The highest BCUT2D eigenvalue weighted by Gasteiger charge is 1.83. The van der Waals surface area contributed by atoms with E-state index in [1.165, 1.54) is 0 Å². The molecule has 0 unspecified atom stereocenters. The van der Waals surface area contributed by atoms with Gasteiger partial charge in [-0.2, -0.15) is 0 Å². The summed E-state index contributed by atoms with van der Waals surface area (Å²) in [5.41, 5.74) is 1.07. The van der Waals surface area contributed by atoms with E-state index in [-0.39, 0.29) is 0 Å². The molecule has 0 fully saturated rings. The minimum atomic E-state index is 0.891. The summed E-state index contributed by atoms with van der Waals surface area (Å²) in [6.07, 6.45) is 1.09. The molecule has 0 spiro atoms. The number of hydrogen-bond donors (Lipinski definition) is 0. The van der Waals surface area contributed by atoms with Crippen LogP contribution in [0.1, 0.15) is 34.1 Å². The van der Waals surface area contributed by atoms with Crippen LogP contribution < -0.4 is 0 Å². The maximum atomic E-state index is 4.21. The van der Waals surface area contributed by atoms with Gasteiger partial charge in [-0.25, -0.2) is 4.99 Å². The molecule has 0 aromatic carbocycles. The van der Waals surface area contributed by atoms with Crippen LogP contribution in [0, 0.1) is 0 Å². The van der Waals surface area contributed by atoms with E-state index in [1.807, 2.05) is 20.8 Å². The van der Waals surface area contributed by atoms with Crippen LogP contribution >= 0.6 is 0 Å². The summed E-state index contributed by atoms with van der Waals surface area (Å²) in [4.78, 5) is 8.39. The zero-order chi connectivity index (χ0) is 7.98. The number of hydrogen-bond acceptors (Lipinski definition) is 1. The zero-order valence-electron chi connectivity index (χ0n) is 7.31. The van der Waals surface area contributed by atoms with Gasteiger partial charge < -0.3 is 0 Å². The molecule has 0 aliphatic carbocycles. The molecule has 0 aromatic heterocycles. The highest BCUT2D eigenvalue weighted by atomic mass is 14.9. The summed E-state index contributed by atoms with van der Waals surface area (Å²) in [5, 5.41) is 0. The van der Waals surface area contributed by atoms with E-state index in [2.05, 4.69) is 16.9 Å². The topological polar surface area (TPSA) is 24.7 Å². The molecule has 0 radical (unpaired) electrons. The van der Waals surface area contributed by atoms with Crippen LogP contribution in [0.15, 0.2) is 9.98 Å². The van der Waals surface area contributed by atoms with E-state index in [1.54, 1.807) is 0 Å². The van der Waals surface area contributed by atoms with E-state index < -0.39 is 0 Å². The smallest absolute Gasteiger partial charge is 0.119 e. The van der Waals surface area contributed by atoms with Gasteiger partial charge in [0.25, 0.3) is 0 Å². The molecule has 2 heteroatoms. The van der Waals surface area contributed by atoms with E-state index in [0.29, 0.717) is 0 Å². The Labute approximate surface area is 63.1 Å². The van der Waals surface area contributed by atoms with Crippen molar-refractivity contribution in [2.45, 2.75) is 34.1 Å². The fourth-order valence-corrected chi connectivity index (χ4v) is 0.633. The van der Waals surface area contributed by atoms with Gasteiger partial charge in [0.15, 0.2) is 0 Å². The van der Waals surface area contributed by atoms with Crippen molar-refractivity contribution >= 4 is 11.5 Å². The van der Waals surface area contributed by atoms with Crippen LogP contribution in [0.2, 0.25) is 0 Å². The Morgan fingerprint density at radius 2 is 1.80 bits per heavy atom. The maximum absolute atomic E-state index is 4.21. The fourth-order valence-electron chi connectivity index (χ4n) is 0.633. The van der Waals surface area contributed by atoms with Gasteiger partial charge in [-0.3, -0.25) is 4.99 Å². The first-order valence-corrected chi connectivity index (χ1v) is 3.69. The molecule has 58 valence electrons. The fraction of sp³-hybridized carbons (Fsp3) is 0.750. The number of aliphatic imine (C=N–C) groups is 2. The Kier molecular flexibility index (Phi) is 4.81. The molecular weight excluding hydrogens is 124 g/mol. The minimum absolute atomic E-state index is 0.891. The maximum Gasteiger partial charge on any atom is 0.119 e. The van der Waals surface area contributed by atoms with Crippen LogP contribution in [0.5, 0.6) is 0 Å². The van der Waals surface area contributed by atoms with E-state index in [0.717, 1.165) is 24.5 Å². The van der Waals surface area contributed by atoms with Crippen LogP contribution in [0.25, 0.3) is 0 Å². The van der Waals surface area contributed by atoms with Crippen LogP contribution in [0.3, 0.4) is 0 Å². The molecule has 0 saturated heterocycles. The monoisotopic (exact) mass is 140 g/mol. The lowest BCUT2D eigenvalue weighted by Crippen LogP contribution is -1.92. The van der Waals surface area contributed by atoms with E-state index in [9.17, 15) is 0 Å². The molecule has 0 bridgehead atoms. The first-order valence-electron chi connectivity index (χ1n) is 3.69. The van der Waals surface area contributed by atoms with Crippen molar-refractivity contribution in [2.75, 3.05) is 6.54 Å².